The summed E-state index contributed by atoms with van der Waals surface area (Å²) < 4.78 is 16.0. The lowest BCUT2D eigenvalue weighted by Gasteiger charge is -2.08. The van der Waals surface area contributed by atoms with Gasteiger partial charge in [-0.05, 0) is 49.2 Å². The summed E-state index contributed by atoms with van der Waals surface area (Å²) in [6, 6.07) is 14.2. The Morgan fingerprint density at radius 2 is 1.75 bits per heavy atom. The number of fused-ring (bicyclic) bond motifs is 1. The van der Waals surface area contributed by atoms with Crippen LogP contribution in [-0.2, 0) is 6.42 Å². The molecule has 1 N–H and O–H groups in total. The van der Waals surface area contributed by atoms with Crippen molar-refractivity contribution in [1.29, 1.82) is 0 Å². The quantitative estimate of drug-likeness (QED) is 0.554. The van der Waals surface area contributed by atoms with E-state index in [4.69, 9.17) is 13.9 Å². The zero-order valence-electron chi connectivity index (χ0n) is 13.3. The Kier molecular flexibility index (Phi) is 4.70. The molecule has 124 valence electrons. The largest absolute Gasteiger partial charge is 0.507 e. The maximum Gasteiger partial charge on any atom is 0.343 e. The van der Waals surface area contributed by atoms with E-state index in [-0.39, 0.29) is 11.3 Å². The minimum Gasteiger partial charge on any atom is -0.507 e. The van der Waals surface area contributed by atoms with Crippen LogP contribution < -0.4 is 15.1 Å². The minimum atomic E-state index is -0.504. The summed E-state index contributed by atoms with van der Waals surface area (Å²) in [7, 11) is 1.61. The fraction of sp³-hybridized carbons (Fsp3) is 0.211. The zero-order chi connectivity index (χ0) is 16.9. The molecular formula is C19H18O5. The third-order valence-electron chi connectivity index (χ3n) is 3.78. The summed E-state index contributed by atoms with van der Waals surface area (Å²) in [4.78, 5) is 12.0. The lowest BCUT2D eigenvalue weighted by Crippen LogP contribution is -2.10. The van der Waals surface area contributed by atoms with Gasteiger partial charge in [0.05, 0.1) is 24.7 Å². The highest BCUT2D eigenvalue weighted by Crippen LogP contribution is 2.26. The first-order chi connectivity index (χ1) is 11.7. The van der Waals surface area contributed by atoms with E-state index < -0.39 is 5.63 Å². The Labute approximate surface area is 139 Å². The first kappa shape index (κ1) is 15.9. The Hall–Kier alpha value is -2.95. The summed E-state index contributed by atoms with van der Waals surface area (Å²) in [5.41, 5.74) is 0.168. The lowest BCUT2D eigenvalue weighted by molar-refractivity contribution is 0.308. The maximum atomic E-state index is 12.0. The van der Waals surface area contributed by atoms with E-state index in [1.165, 1.54) is 0 Å². The standard InChI is InChI=1S/C19H18O5/c1-22-13-8-10-14(11-9-13)23-12-4-6-16-18(20)15-5-2-3-7-17(15)24-19(16)21/h2-3,5,7-11,20H,4,6,12H2,1H3. The van der Waals surface area contributed by atoms with Crippen molar-refractivity contribution in [3.8, 4) is 17.2 Å². The molecule has 0 radical (unpaired) electrons. The van der Waals surface area contributed by atoms with Crippen LogP contribution >= 0.6 is 0 Å². The number of aromatic hydroxyl groups is 1. The van der Waals surface area contributed by atoms with E-state index in [2.05, 4.69) is 0 Å². The van der Waals surface area contributed by atoms with E-state index in [1.807, 2.05) is 24.3 Å². The van der Waals surface area contributed by atoms with Gasteiger partial charge in [0.25, 0.3) is 0 Å². The fourth-order valence-electron chi connectivity index (χ4n) is 2.50. The highest BCUT2D eigenvalue weighted by molar-refractivity contribution is 5.83. The van der Waals surface area contributed by atoms with Crippen LogP contribution in [0.3, 0.4) is 0 Å². The molecule has 0 aliphatic rings. The van der Waals surface area contributed by atoms with Gasteiger partial charge in [0.15, 0.2) is 0 Å². The van der Waals surface area contributed by atoms with Gasteiger partial charge in [0.1, 0.15) is 22.8 Å². The van der Waals surface area contributed by atoms with Gasteiger partial charge in [-0.15, -0.1) is 0 Å². The van der Waals surface area contributed by atoms with Gasteiger partial charge in [-0.1, -0.05) is 12.1 Å². The second kappa shape index (κ2) is 7.08. The Morgan fingerprint density at radius 3 is 2.50 bits per heavy atom. The molecule has 0 atom stereocenters. The fourth-order valence-corrected chi connectivity index (χ4v) is 2.50. The van der Waals surface area contributed by atoms with Gasteiger partial charge >= 0.3 is 5.63 Å². The monoisotopic (exact) mass is 326 g/mol. The number of benzene rings is 2. The molecule has 0 aliphatic carbocycles. The number of rotatable bonds is 6. The van der Waals surface area contributed by atoms with Crippen molar-refractivity contribution in [3.05, 3.63) is 64.5 Å². The predicted octanol–water partition coefficient (Wildman–Crippen LogP) is 3.52. The van der Waals surface area contributed by atoms with Crippen LogP contribution in [0.25, 0.3) is 11.0 Å². The van der Waals surface area contributed by atoms with Gasteiger partial charge in [0.2, 0.25) is 0 Å². The van der Waals surface area contributed by atoms with Gasteiger partial charge in [-0.25, -0.2) is 4.79 Å². The van der Waals surface area contributed by atoms with Gasteiger partial charge in [-0.2, -0.15) is 0 Å². The molecule has 1 heterocycles. The summed E-state index contributed by atoms with van der Waals surface area (Å²) in [5.74, 6) is 1.48. The first-order valence-corrected chi connectivity index (χ1v) is 7.69. The van der Waals surface area contributed by atoms with E-state index >= 15 is 0 Å². The highest BCUT2D eigenvalue weighted by atomic mass is 16.5. The number of hydrogen-bond donors (Lipinski definition) is 1. The summed E-state index contributed by atoms with van der Waals surface area (Å²) in [6.45, 7) is 0.429. The second-order valence-corrected chi connectivity index (χ2v) is 5.34. The second-order valence-electron chi connectivity index (χ2n) is 5.34. The van der Waals surface area contributed by atoms with Crippen LogP contribution in [0, 0.1) is 0 Å². The molecule has 5 heteroatoms. The molecule has 1 aromatic heterocycles. The molecule has 0 amide bonds. The van der Waals surface area contributed by atoms with Crippen molar-refractivity contribution in [2.75, 3.05) is 13.7 Å². The maximum absolute atomic E-state index is 12.0. The number of para-hydroxylation sites is 1. The van der Waals surface area contributed by atoms with Crippen molar-refractivity contribution in [2.24, 2.45) is 0 Å². The van der Waals surface area contributed by atoms with Crippen LogP contribution in [0.15, 0.2) is 57.7 Å². The highest BCUT2D eigenvalue weighted by Gasteiger charge is 2.13. The van der Waals surface area contributed by atoms with Gasteiger partial charge in [-0.3, -0.25) is 0 Å². The van der Waals surface area contributed by atoms with E-state index in [0.717, 1.165) is 11.5 Å². The number of methoxy groups -OCH3 is 1. The van der Waals surface area contributed by atoms with E-state index in [1.54, 1.807) is 31.4 Å². The zero-order valence-corrected chi connectivity index (χ0v) is 13.3. The van der Waals surface area contributed by atoms with Crippen molar-refractivity contribution in [3.63, 3.8) is 0 Å². The molecule has 0 fully saturated rings. The third-order valence-corrected chi connectivity index (χ3v) is 3.78. The molecular weight excluding hydrogens is 308 g/mol. The smallest absolute Gasteiger partial charge is 0.343 e. The van der Waals surface area contributed by atoms with E-state index in [0.29, 0.717) is 30.4 Å². The Morgan fingerprint density at radius 1 is 1.04 bits per heavy atom. The first-order valence-electron chi connectivity index (χ1n) is 7.69. The SMILES string of the molecule is COc1ccc(OCCCc2c(O)c3ccccc3oc2=O)cc1. The van der Waals surface area contributed by atoms with Crippen LogP contribution in [0.5, 0.6) is 17.2 Å². The van der Waals surface area contributed by atoms with Crippen molar-refractivity contribution in [1.82, 2.24) is 0 Å². The topological polar surface area (TPSA) is 68.9 Å². The molecule has 3 aromatic rings. The summed E-state index contributed by atoms with van der Waals surface area (Å²) >= 11 is 0. The normalized spacial score (nSPS) is 10.7. The van der Waals surface area contributed by atoms with Gasteiger partial charge < -0.3 is 19.0 Å². The summed E-state index contributed by atoms with van der Waals surface area (Å²) in [6.07, 6.45) is 0.970. The van der Waals surface area contributed by atoms with Crippen LogP contribution in [0.1, 0.15) is 12.0 Å². The Balaban J connectivity index is 1.64. The van der Waals surface area contributed by atoms with Crippen LogP contribution in [-0.4, -0.2) is 18.8 Å². The molecule has 24 heavy (non-hydrogen) atoms. The van der Waals surface area contributed by atoms with Crippen LogP contribution in [0.4, 0.5) is 0 Å². The van der Waals surface area contributed by atoms with E-state index in [9.17, 15) is 9.90 Å². The molecule has 0 saturated carbocycles. The predicted molar refractivity (Wildman–Crippen MR) is 91.0 cm³/mol. The Bertz CT molecular complexity index is 880. The third kappa shape index (κ3) is 3.35. The molecule has 0 saturated heterocycles. The van der Waals surface area contributed by atoms with Crippen molar-refractivity contribution < 1.29 is 19.0 Å². The van der Waals surface area contributed by atoms with Gasteiger partial charge in [0, 0.05) is 0 Å². The number of hydrogen-bond acceptors (Lipinski definition) is 5. The molecule has 0 spiro atoms. The molecule has 0 bridgehead atoms. The summed E-state index contributed by atoms with van der Waals surface area (Å²) in [5, 5.41) is 10.8. The molecule has 0 aliphatic heterocycles. The van der Waals surface area contributed by atoms with Crippen molar-refractivity contribution in [2.45, 2.75) is 12.8 Å². The molecule has 3 rings (SSSR count). The molecule has 2 aromatic carbocycles. The average Bonchev–Trinajstić information content (AvgIpc) is 2.61. The van der Waals surface area contributed by atoms with Crippen LogP contribution in [0.2, 0.25) is 0 Å². The number of ether oxygens (including phenoxy) is 2. The molecule has 5 nitrogen and oxygen atoms in total. The molecule has 0 unspecified atom stereocenters. The average molecular weight is 326 g/mol. The lowest BCUT2D eigenvalue weighted by atomic mass is 10.1. The minimum absolute atomic E-state index is 0.00806. The van der Waals surface area contributed by atoms with Crippen molar-refractivity contribution >= 4 is 11.0 Å².